The number of thioether (sulfide) groups is 1. The second-order valence-corrected chi connectivity index (χ2v) is 7.54. The standard InChI is InChI=1S/C16H28N2O2S/c1-3-21-11-7-10-18-12(2)15(19)17-14(16(18)20)13-8-5-4-6-9-13/h12-14H,3-11H2,1-2H3,(H,17,19). The highest BCUT2D eigenvalue weighted by atomic mass is 32.2. The van der Waals surface area contributed by atoms with Gasteiger partial charge in [0.2, 0.25) is 11.8 Å². The maximum Gasteiger partial charge on any atom is 0.246 e. The van der Waals surface area contributed by atoms with Gasteiger partial charge in [-0.05, 0) is 43.6 Å². The molecule has 0 radical (unpaired) electrons. The number of piperazine rings is 1. The van der Waals surface area contributed by atoms with Gasteiger partial charge in [-0.2, -0.15) is 11.8 Å². The van der Waals surface area contributed by atoms with E-state index < -0.39 is 0 Å². The smallest absolute Gasteiger partial charge is 0.246 e. The average molecular weight is 312 g/mol. The second kappa shape index (κ2) is 8.06. The van der Waals surface area contributed by atoms with E-state index in [0.717, 1.165) is 30.8 Å². The number of nitrogens with one attached hydrogen (secondary N) is 1. The Labute approximate surface area is 132 Å². The van der Waals surface area contributed by atoms with Crippen molar-refractivity contribution in [1.29, 1.82) is 0 Å². The number of nitrogens with zero attached hydrogens (tertiary/aromatic N) is 1. The Morgan fingerprint density at radius 2 is 1.95 bits per heavy atom. The zero-order valence-corrected chi connectivity index (χ0v) is 14.1. The van der Waals surface area contributed by atoms with Crippen molar-refractivity contribution in [2.75, 3.05) is 18.1 Å². The Balaban J connectivity index is 1.97. The topological polar surface area (TPSA) is 49.4 Å². The fraction of sp³-hybridized carbons (Fsp3) is 0.875. The molecule has 1 saturated carbocycles. The predicted molar refractivity (Wildman–Crippen MR) is 87.3 cm³/mol. The van der Waals surface area contributed by atoms with Crippen LogP contribution in [0.15, 0.2) is 0 Å². The molecule has 1 aliphatic heterocycles. The van der Waals surface area contributed by atoms with Crippen LogP contribution < -0.4 is 5.32 Å². The van der Waals surface area contributed by atoms with Crippen LogP contribution in [-0.4, -0.2) is 46.8 Å². The van der Waals surface area contributed by atoms with E-state index in [2.05, 4.69) is 12.2 Å². The van der Waals surface area contributed by atoms with Crippen molar-refractivity contribution in [3.63, 3.8) is 0 Å². The number of carbonyl (C=O) groups excluding carboxylic acids is 2. The molecule has 1 N–H and O–H groups in total. The molecule has 0 spiro atoms. The van der Waals surface area contributed by atoms with E-state index in [1.165, 1.54) is 19.3 Å². The Morgan fingerprint density at radius 3 is 2.62 bits per heavy atom. The van der Waals surface area contributed by atoms with Gasteiger partial charge in [0, 0.05) is 6.54 Å². The SMILES string of the molecule is CCSCCCN1C(=O)C(C2CCCCC2)NC(=O)C1C. The third kappa shape index (κ3) is 4.15. The molecular weight excluding hydrogens is 284 g/mol. The average Bonchev–Trinajstić information content (AvgIpc) is 2.51. The summed E-state index contributed by atoms with van der Waals surface area (Å²) in [5.41, 5.74) is 0. The molecule has 2 rings (SSSR count). The molecule has 2 fully saturated rings. The van der Waals surface area contributed by atoms with Crippen molar-refractivity contribution in [3.8, 4) is 0 Å². The Kier molecular flexibility index (Phi) is 6.40. The number of hydrogen-bond donors (Lipinski definition) is 1. The van der Waals surface area contributed by atoms with E-state index in [9.17, 15) is 9.59 Å². The maximum atomic E-state index is 12.7. The number of hydrogen-bond acceptors (Lipinski definition) is 3. The summed E-state index contributed by atoms with van der Waals surface area (Å²) in [5.74, 6) is 2.68. The van der Waals surface area contributed by atoms with Gasteiger partial charge < -0.3 is 10.2 Å². The van der Waals surface area contributed by atoms with E-state index in [0.29, 0.717) is 12.5 Å². The molecule has 0 aromatic carbocycles. The van der Waals surface area contributed by atoms with E-state index >= 15 is 0 Å². The molecule has 0 aromatic rings. The fourth-order valence-corrected chi connectivity index (χ4v) is 4.04. The van der Waals surface area contributed by atoms with Gasteiger partial charge in [-0.25, -0.2) is 0 Å². The number of amides is 2. The first-order valence-electron chi connectivity index (χ1n) is 8.33. The van der Waals surface area contributed by atoms with Crippen molar-refractivity contribution in [2.45, 2.75) is 64.5 Å². The molecular formula is C16H28N2O2S. The van der Waals surface area contributed by atoms with E-state index in [-0.39, 0.29) is 23.9 Å². The third-order valence-electron chi connectivity index (χ3n) is 4.71. The summed E-state index contributed by atoms with van der Waals surface area (Å²) in [6.45, 7) is 4.70. The molecule has 21 heavy (non-hydrogen) atoms. The van der Waals surface area contributed by atoms with E-state index in [4.69, 9.17) is 0 Å². The Hall–Kier alpha value is -0.710. The lowest BCUT2D eigenvalue weighted by Gasteiger charge is -2.41. The van der Waals surface area contributed by atoms with Crippen LogP contribution in [0.25, 0.3) is 0 Å². The third-order valence-corrected chi connectivity index (χ3v) is 5.69. The zero-order chi connectivity index (χ0) is 15.2. The quantitative estimate of drug-likeness (QED) is 0.766. The van der Waals surface area contributed by atoms with Crippen LogP contribution in [0.4, 0.5) is 0 Å². The highest BCUT2D eigenvalue weighted by Crippen LogP contribution is 2.29. The fourth-order valence-electron chi connectivity index (χ4n) is 3.42. The molecule has 1 saturated heterocycles. The molecule has 0 aromatic heterocycles. The van der Waals surface area contributed by atoms with Crippen molar-refractivity contribution in [1.82, 2.24) is 10.2 Å². The first kappa shape index (κ1) is 16.7. The Morgan fingerprint density at radius 1 is 1.24 bits per heavy atom. The highest BCUT2D eigenvalue weighted by molar-refractivity contribution is 7.99. The summed E-state index contributed by atoms with van der Waals surface area (Å²) in [6.07, 6.45) is 6.76. The normalized spacial score (nSPS) is 27.8. The Bertz CT molecular complexity index is 369. The van der Waals surface area contributed by atoms with Gasteiger partial charge >= 0.3 is 0 Å². The summed E-state index contributed by atoms with van der Waals surface area (Å²) < 4.78 is 0. The molecule has 1 heterocycles. The summed E-state index contributed by atoms with van der Waals surface area (Å²) >= 11 is 1.89. The summed E-state index contributed by atoms with van der Waals surface area (Å²) in [6, 6.07) is -0.586. The molecule has 2 aliphatic rings. The van der Waals surface area contributed by atoms with E-state index in [1.807, 2.05) is 23.6 Å². The molecule has 1 aliphatic carbocycles. The van der Waals surface area contributed by atoms with Crippen molar-refractivity contribution >= 4 is 23.6 Å². The van der Waals surface area contributed by atoms with Gasteiger partial charge in [0.25, 0.3) is 0 Å². The van der Waals surface area contributed by atoms with Crippen LogP contribution in [0, 0.1) is 5.92 Å². The molecule has 2 unspecified atom stereocenters. The van der Waals surface area contributed by atoms with Crippen LogP contribution in [0.1, 0.15) is 52.4 Å². The van der Waals surface area contributed by atoms with Crippen LogP contribution in [0.3, 0.4) is 0 Å². The first-order chi connectivity index (χ1) is 10.1. The lowest BCUT2D eigenvalue weighted by atomic mass is 9.82. The van der Waals surface area contributed by atoms with Crippen molar-refractivity contribution in [2.24, 2.45) is 5.92 Å². The van der Waals surface area contributed by atoms with Crippen molar-refractivity contribution in [3.05, 3.63) is 0 Å². The number of rotatable bonds is 6. The second-order valence-electron chi connectivity index (χ2n) is 6.14. The monoisotopic (exact) mass is 312 g/mol. The summed E-state index contributed by atoms with van der Waals surface area (Å²) in [5, 5.41) is 2.98. The molecule has 4 nitrogen and oxygen atoms in total. The lowest BCUT2D eigenvalue weighted by molar-refractivity contribution is -0.150. The van der Waals surface area contributed by atoms with Crippen LogP contribution in [-0.2, 0) is 9.59 Å². The minimum absolute atomic E-state index is 0.0216. The molecule has 2 amide bonds. The van der Waals surface area contributed by atoms with E-state index in [1.54, 1.807) is 0 Å². The van der Waals surface area contributed by atoms with Crippen LogP contribution in [0.5, 0.6) is 0 Å². The van der Waals surface area contributed by atoms with Crippen molar-refractivity contribution < 1.29 is 9.59 Å². The molecule has 0 bridgehead atoms. The molecule has 120 valence electrons. The minimum atomic E-state index is -0.316. The first-order valence-corrected chi connectivity index (χ1v) is 9.49. The number of carbonyl (C=O) groups is 2. The molecule has 5 heteroatoms. The summed E-state index contributed by atoms with van der Waals surface area (Å²) in [4.78, 5) is 26.7. The van der Waals surface area contributed by atoms with Gasteiger partial charge in [-0.3, -0.25) is 9.59 Å². The van der Waals surface area contributed by atoms with Crippen LogP contribution in [0.2, 0.25) is 0 Å². The van der Waals surface area contributed by atoms with Gasteiger partial charge in [-0.15, -0.1) is 0 Å². The van der Waals surface area contributed by atoms with Crippen LogP contribution >= 0.6 is 11.8 Å². The zero-order valence-electron chi connectivity index (χ0n) is 13.3. The lowest BCUT2D eigenvalue weighted by Crippen LogP contribution is -2.64. The van der Waals surface area contributed by atoms with Gasteiger partial charge in [0.15, 0.2) is 0 Å². The maximum absolute atomic E-state index is 12.7. The molecule has 2 atom stereocenters. The van der Waals surface area contributed by atoms with Gasteiger partial charge in [0.1, 0.15) is 12.1 Å². The largest absolute Gasteiger partial charge is 0.342 e. The predicted octanol–water partition coefficient (Wildman–Crippen LogP) is 2.43. The highest BCUT2D eigenvalue weighted by Gasteiger charge is 2.41. The minimum Gasteiger partial charge on any atom is -0.342 e. The van der Waals surface area contributed by atoms with Gasteiger partial charge in [0.05, 0.1) is 0 Å². The van der Waals surface area contributed by atoms with Gasteiger partial charge in [-0.1, -0.05) is 26.2 Å². The summed E-state index contributed by atoms with van der Waals surface area (Å²) in [7, 11) is 0.